The van der Waals surface area contributed by atoms with E-state index in [0.717, 1.165) is 16.9 Å². The quantitative estimate of drug-likeness (QED) is 0.661. The number of hydrogen-bond donors (Lipinski definition) is 2. The zero-order valence-corrected chi connectivity index (χ0v) is 16.4. The second-order valence-electron chi connectivity index (χ2n) is 6.78. The molecule has 144 valence electrons. The van der Waals surface area contributed by atoms with Gasteiger partial charge in [-0.05, 0) is 41.8 Å². The Morgan fingerprint density at radius 3 is 2.50 bits per heavy atom. The van der Waals surface area contributed by atoms with Crippen molar-refractivity contribution in [1.29, 1.82) is 0 Å². The summed E-state index contributed by atoms with van der Waals surface area (Å²) in [6.07, 6.45) is 1.73. The number of primary amides is 1. The molecule has 0 saturated heterocycles. The van der Waals surface area contributed by atoms with Crippen molar-refractivity contribution in [2.45, 2.75) is 26.2 Å². The van der Waals surface area contributed by atoms with Gasteiger partial charge in [0.1, 0.15) is 0 Å². The van der Waals surface area contributed by atoms with E-state index < -0.39 is 5.91 Å². The lowest BCUT2D eigenvalue weighted by molar-refractivity contribution is -0.117. The van der Waals surface area contributed by atoms with Gasteiger partial charge in [0, 0.05) is 10.7 Å². The molecule has 0 atom stereocenters. The van der Waals surface area contributed by atoms with Gasteiger partial charge in [0.05, 0.1) is 29.6 Å². The summed E-state index contributed by atoms with van der Waals surface area (Å²) < 4.78 is 1.74. The van der Waals surface area contributed by atoms with Crippen LogP contribution in [0.15, 0.2) is 54.7 Å². The minimum Gasteiger partial charge on any atom is -0.369 e. The molecular weight excluding hydrogens is 376 g/mol. The molecule has 0 unspecified atom stereocenters. The molecule has 2 amide bonds. The Morgan fingerprint density at radius 2 is 1.89 bits per heavy atom. The summed E-state index contributed by atoms with van der Waals surface area (Å²) in [5.41, 5.74) is 8.71. The van der Waals surface area contributed by atoms with Crippen molar-refractivity contribution in [3.8, 4) is 5.69 Å². The monoisotopic (exact) mass is 396 g/mol. The SMILES string of the molecule is CC(C)c1c(C(=O)Nc2ccc(CC(N)=O)cc2)cnn1-c1cccc(Cl)c1. The lowest BCUT2D eigenvalue weighted by Crippen LogP contribution is -2.16. The molecule has 2 aromatic carbocycles. The van der Waals surface area contributed by atoms with Crippen molar-refractivity contribution >= 4 is 29.1 Å². The molecular formula is C21H21ClN4O2. The minimum absolute atomic E-state index is 0.0696. The number of aromatic nitrogens is 2. The summed E-state index contributed by atoms with van der Waals surface area (Å²) in [5.74, 6) is -0.577. The number of carbonyl (C=O) groups excluding carboxylic acids is 2. The van der Waals surface area contributed by atoms with Crippen molar-refractivity contribution in [1.82, 2.24) is 9.78 Å². The predicted molar refractivity (Wildman–Crippen MR) is 110 cm³/mol. The summed E-state index contributed by atoms with van der Waals surface area (Å²) in [6, 6.07) is 14.3. The number of rotatable bonds is 6. The molecule has 7 heteroatoms. The largest absolute Gasteiger partial charge is 0.369 e. The summed E-state index contributed by atoms with van der Waals surface area (Å²) >= 11 is 6.10. The van der Waals surface area contributed by atoms with E-state index in [0.29, 0.717) is 16.3 Å². The Hall–Kier alpha value is -3.12. The molecule has 0 bridgehead atoms. The molecule has 28 heavy (non-hydrogen) atoms. The van der Waals surface area contributed by atoms with E-state index in [1.54, 1.807) is 47.3 Å². The van der Waals surface area contributed by atoms with E-state index in [1.807, 2.05) is 26.0 Å². The van der Waals surface area contributed by atoms with Gasteiger partial charge in [-0.15, -0.1) is 0 Å². The highest BCUT2D eigenvalue weighted by Gasteiger charge is 2.21. The van der Waals surface area contributed by atoms with Gasteiger partial charge in [-0.2, -0.15) is 5.10 Å². The van der Waals surface area contributed by atoms with Crippen LogP contribution < -0.4 is 11.1 Å². The third kappa shape index (κ3) is 4.40. The van der Waals surface area contributed by atoms with Crippen LogP contribution >= 0.6 is 11.6 Å². The number of nitrogens with zero attached hydrogens (tertiary/aromatic N) is 2. The fourth-order valence-electron chi connectivity index (χ4n) is 3.01. The Labute approximate surface area is 168 Å². The van der Waals surface area contributed by atoms with Crippen LogP contribution in [0.4, 0.5) is 5.69 Å². The van der Waals surface area contributed by atoms with E-state index in [-0.39, 0.29) is 18.2 Å². The van der Waals surface area contributed by atoms with Crippen molar-refractivity contribution < 1.29 is 9.59 Å². The second kappa shape index (κ2) is 8.27. The van der Waals surface area contributed by atoms with E-state index in [4.69, 9.17) is 17.3 Å². The first-order chi connectivity index (χ1) is 13.3. The predicted octanol–water partition coefficient (Wildman–Crippen LogP) is 3.93. The third-order valence-electron chi connectivity index (χ3n) is 4.24. The summed E-state index contributed by atoms with van der Waals surface area (Å²) in [7, 11) is 0. The van der Waals surface area contributed by atoms with Crippen molar-refractivity contribution in [3.05, 3.63) is 76.6 Å². The number of nitrogens with two attached hydrogens (primary N) is 1. The Morgan fingerprint density at radius 1 is 1.18 bits per heavy atom. The molecule has 0 saturated carbocycles. The van der Waals surface area contributed by atoms with Crippen LogP contribution in [0.2, 0.25) is 5.02 Å². The zero-order chi connectivity index (χ0) is 20.3. The molecule has 3 N–H and O–H groups in total. The fourth-order valence-corrected chi connectivity index (χ4v) is 3.19. The Balaban J connectivity index is 1.87. The summed E-state index contributed by atoms with van der Waals surface area (Å²) in [4.78, 5) is 23.8. The number of anilines is 1. The molecule has 3 rings (SSSR count). The van der Waals surface area contributed by atoms with Gasteiger partial charge in [-0.3, -0.25) is 9.59 Å². The van der Waals surface area contributed by atoms with E-state index in [9.17, 15) is 9.59 Å². The van der Waals surface area contributed by atoms with Crippen LogP contribution in [-0.4, -0.2) is 21.6 Å². The van der Waals surface area contributed by atoms with Crippen LogP contribution in [0.25, 0.3) is 5.69 Å². The molecule has 0 aliphatic carbocycles. The maximum Gasteiger partial charge on any atom is 0.259 e. The average molecular weight is 397 g/mol. The molecule has 3 aromatic rings. The van der Waals surface area contributed by atoms with Crippen LogP contribution in [0.1, 0.15) is 41.4 Å². The number of hydrogen-bond acceptors (Lipinski definition) is 3. The van der Waals surface area contributed by atoms with Gasteiger partial charge in [0.15, 0.2) is 0 Å². The van der Waals surface area contributed by atoms with Crippen molar-refractivity contribution in [2.24, 2.45) is 5.73 Å². The van der Waals surface area contributed by atoms with E-state index >= 15 is 0 Å². The van der Waals surface area contributed by atoms with Gasteiger partial charge in [-0.1, -0.05) is 43.6 Å². The standard InChI is InChI=1S/C21H21ClN4O2/c1-13(2)20-18(12-24-26(20)17-5-3-4-15(22)11-17)21(28)25-16-8-6-14(7-9-16)10-19(23)27/h3-9,11-13H,10H2,1-2H3,(H2,23,27)(H,25,28). The molecule has 1 heterocycles. The molecule has 0 aliphatic heterocycles. The second-order valence-corrected chi connectivity index (χ2v) is 7.22. The average Bonchev–Trinajstić information content (AvgIpc) is 3.08. The first kappa shape index (κ1) is 19.6. The topological polar surface area (TPSA) is 90.0 Å². The normalized spacial score (nSPS) is 10.9. The van der Waals surface area contributed by atoms with E-state index in [1.165, 1.54) is 0 Å². The zero-order valence-electron chi connectivity index (χ0n) is 15.6. The smallest absolute Gasteiger partial charge is 0.259 e. The lowest BCUT2D eigenvalue weighted by Gasteiger charge is -2.13. The molecule has 0 aliphatic rings. The first-order valence-electron chi connectivity index (χ1n) is 8.87. The summed E-state index contributed by atoms with van der Waals surface area (Å²) in [6.45, 7) is 4.01. The molecule has 6 nitrogen and oxygen atoms in total. The maximum absolute atomic E-state index is 12.8. The molecule has 1 aromatic heterocycles. The summed E-state index contributed by atoms with van der Waals surface area (Å²) in [5, 5.41) is 7.88. The Kier molecular flexibility index (Phi) is 5.80. The van der Waals surface area contributed by atoms with Crippen LogP contribution in [0, 0.1) is 0 Å². The fraction of sp³-hybridized carbons (Fsp3) is 0.190. The minimum atomic E-state index is -0.396. The van der Waals surface area contributed by atoms with Gasteiger partial charge < -0.3 is 11.1 Å². The molecule has 0 fully saturated rings. The van der Waals surface area contributed by atoms with Gasteiger partial charge in [-0.25, -0.2) is 4.68 Å². The van der Waals surface area contributed by atoms with Crippen LogP contribution in [0.3, 0.4) is 0 Å². The van der Waals surface area contributed by atoms with Crippen molar-refractivity contribution in [3.63, 3.8) is 0 Å². The lowest BCUT2D eigenvalue weighted by atomic mass is 10.0. The van der Waals surface area contributed by atoms with Gasteiger partial charge in [0.2, 0.25) is 5.91 Å². The van der Waals surface area contributed by atoms with Gasteiger partial charge >= 0.3 is 0 Å². The van der Waals surface area contributed by atoms with Crippen LogP contribution in [0.5, 0.6) is 0 Å². The van der Waals surface area contributed by atoms with Crippen molar-refractivity contribution in [2.75, 3.05) is 5.32 Å². The first-order valence-corrected chi connectivity index (χ1v) is 9.25. The van der Waals surface area contributed by atoms with Gasteiger partial charge in [0.25, 0.3) is 5.91 Å². The molecule has 0 spiro atoms. The number of carbonyl (C=O) groups is 2. The number of nitrogens with one attached hydrogen (secondary N) is 1. The Bertz CT molecular complexity index is 1010. The molecule has 0 radical (unpaired) electrons. The highest BCUT2D eigenvalue weighted by Crippen LogP contribution is 2.25. The number of benzene rings is 2. The highest BCUT2D eigenvalue weighted by molar-refractivity contribution is 6.30. The van der Waals surface area contributed by atoms with Crippen LogP contribution in [-0.2, 0) is 11.2 Å². The maximum atomic E-state index is 12.8. The number of amides is 2. The van der Waals surface area contributed by atoms with E-state index in [2.05, 4.69) is 10.4 Å². The highest BCUT2D eigenvalue weighted by atomic mass is 35.5. The third-order valence-corrected chi connectivity index (χ3v) is 4.48. The number of halogens is 1.